The van der Waals surface area contributed by atoms with Crippen molar-refractivity contribution >= 4 is 44.8 Å². The zero-order chi connectivity index (χ0) is 24.0. The molecule has 0 atom stereocenters. The molecule has 33 heavy (non-hydrogen) atoms. The second-order valence-electron chi connectivity index (χ2n) is 6.71. The molecular weight excluding hydrogens is 472 g/mol. The van der Waals surface area contributed by atoms with Crippen molar-refractivity contribution in [1.82, 2.24) is 10.9 Å². The van der Waals surface area contributed by atoms with Crippen LogP contribution < -0.4 is 15.6 Å². The lowest BCUT2D eigenvalue weighted by Gasteiger charge is -2.11. The van der Waals surface area contributed by atoms with Crippen molar-refractivity contribution in [2.24, 2.45) is 0 Å². The van der Waals surface area contributed by atoms with Gasteiger partial charge in [0.2, 0.25) is 5.91 Å². The van der Waals surface area contributed by atoms with Gasteiger partial charge in [-0.05, 0) is 42.5 Å². The Morgan fingerprint density at radius 2 is 1.64 bits per heavy atom. The third kappa shape index (κ3) is 6.28. The van der Waals surface area contributed by atoms with Crippen molar-refractivity contribution in [3.63, 3.8) is 0 Å². The molecule has 3 rings (SSSR count). The lowest BCUT2D eigenvalue weighted by atomic mass is 10.1. The summed E-state index contributed by atoms with van der Waals surface area (Å²) in [7, 11) is -3.99. The molecule has 0 unspecified atom stereocenters. The zero-order valence-corrected chi connectivity index (χ0v) is 18.4. The van der Waals surface area contributed by atoms with Gasteiger partial charge in [0.1, 0.15) is 0 Å². The number of hydrogen-bond donors (Lipinski definition) is 3. The number of carbonyl (C=O) groups excluding carboxylic acids is 2. The molecule has 0 aliphatic rings. The average Bonchev–Trinajstić information content (AvgIpc) is 2.79. The van der Waals surface area contributed by atoms with Crippen LogP contribution in [0, 0.1) is 10.1 Å². The Hall–Kier alpha value is -3.96. The van der Waals surface area contributed by atoms with Crippen LogP contribution in [0.4, 0.5) is 11.4 Å². The minimum Gasteiger partial charge on any atom is -0.280 e. The molecule has 2 amide bonds. The monoisotopic (exact) mass is 488 g/mol. The zero-order valence-electron chi connectivity index (χ0n) is 16.8. The van der Waals surface area contributed by atoms with E-state index in [9.17, 15) is 28.1 Å². The van der Waals surface area contributed by atoms with Gasteiger partial charge in [0, 0.05) is 27.9 Å². The summed E-state index contributed by atoms with van der Waals surface area (Å²) in [5, 5.41) is 11.5. The van der Waals surface area contributed by atoms with E-state index in [1.54, 1.807) is 6.07 Å². The highest BCUT2D eigenvalue weighted by Gasteiger charge is 2.18. The third-order valence-electron chi connectivity index (χ3n) is 4.36. The van der Waals surface area contributed by atoms with Crippen LogP contribution >= 0.6 is 11.6 Å². The van der Waals surface area contributed by atoms with Crippen LogP contribution in [-0.4, -0.2) is 25.2 Å². The van der Waals surface area contributed by atoms with Gasteiger partial charge >= 0.3 is 0 Å². The van der Waals surface area contributed by atoms with E-state index in [0.717, 1.165) is 6.07 Å². The number of nitrogens with one attached hydrogen (secondary N) is 3. The summed E-state index contributed by atoms with van der Waals surface area (Å²) in [5.74, 6) is -1.46. The molecule has 170 valence electrons. The highest BCUT2D eigenvalue weighted by molar-refractivity contribution is 7.92. The number of para-hydroxylation sites is 1. The van der Waals surface area contributed by atoms with Crippen molar-refractivity contribution < 1.29 is 22.9 Å². The molecule has 0 aliphatic carbocycles. The van der Waals surface area contributed by atoms with Gasteiger partial charge in [-0.15, -0.1) is 0 Å². The fourth-order valence-electron chi connectivity index (χ4n) is 2.79. The number of carbonyl (C=O) groups is 2. The van der Waals surface area contributed by atoms with Crippen LogP contribution in [0.5, 0.6) is 0 Å². The predicted octanol–water partition coefficient (Wildman–Crippen LogP) is 3.05. The molecule has 0 heterocycles. The molecule has 3 N–H and O–H groups in total. The van der Waals surface area contributed by atoms with E-state index in [1.807, 2.05) is 0 Å². The molecule has 0 fully saturated rings. The number of anilines is 1. The second kappa shape index (κ2) is 10.1. The molecule has 0 spiro atoms. The van der Waals surface area contributed by atoms with Crippen LogP contribution in [0.1, 0.15) is 15.9 Å². The quantitative estimate of drug-likeness (QED) is 0.344. The Morgan fingerprint density at radius 3 is 2.33 bits per heavy atom. The Kier molecular flexibility index (Phi) is 7.26. The molecule has 0 saturated carbocycles. The standard InChI is InChI=1S/C21H17ClN4O6S/c22-16-8-10-17(11-9-16)25-33(31,32)18-6-3-5-15(12-18)21(28)24-23-20(27)13-14-4-1-2-7-19(14)26(29)30/h1-12,25H,13H2,(H,23,27)(H,24,28). The van der Waals surface area contributed by atoms with E-state index in [1.165, 1.54) is 60.7 Å². The smallest absolute Gasteiger partial charge is 0.273 e. The van der Waals surface area contributed by atoms with Crippen molar-refractivity contribution in [1.29, 1.82) is 0 Å². The predicted molar refractivity (Wildman–Crippen MR) is 121 cm³/mol. The minimum atomic E-state index is -3.99. The number of nitro benzene ring substituents is 1. The van der Waals surface area contributed by atoms with Gasteiger partial charge in [0.05, 0.1) is 16.2 Å². The largest absolute Gasteiger partial charge is 0.280 e. The van der Waals surface area contributed by atoms with Crippen LogP contribution in [0.3, 0.4) is 0 Å². The molecular formula is C21H17ClN4O6S. The summed E-state index contributed by atoms with van der Waals surface area (Å²) in [6, 6.07) is 16.9. The van der Waals surface area contributed by atoms with Crippen LogP contribution in [-0.2, 0) is 21.2 Å². The molecule has 0 aromatic heterocycles. The van der Waals surface area contributed by atoms with Crippen LogP contribution in [0.15, 0.2) is 77.7 Å². The fourth-order valence-corrected chi connectivity index (χ4v) is 4.02. The molecule has 0 aliphatic heterocycles. The second-order valence-corrected chi connectivity index (χ2v) is 8.82. The number of rotatable bonds is 7. The highest BCUT2D eigenvalue weighted by atomic mass is 35.5. The lowest BCUT2D eigenvalue weighted by molar-refractivity contribution is -0.385. The summed E-state index contributed by atoms with van der Waals surface area (Å²) < 4.78 is 27.6. The molecule has 0 saturated heterocycles. The van der Waals surface area contributed by atoms with Gasteiger partial charge in [-0.2, -0.15) is 0 Å². The Bertz CT molecular complexity index is 1310. The average molecular weight is 489 g/mol. The van der Waals surface area contributed by atoms with Crippen LogP contribution in [0.2, 0.25) is 5.02 Å². The van der Waals surface area contributed by atoms with Crippen molar-refractivity contribution in [2.75, 3.05) is 4.72 Å². The van der Waals surface area contributed by atoms with E-state index in [-0.39, 0.29) is 33.8 Å². The Balaban J connectivity index is 1.65. The number of sulfonamides is 1. The number of halogens is 1. The van der Waals surface area contributed by atoms with Gasteiger partial charge in [-0.25, -0.2) is 8.42 Å². The van der Waals surface area contributed by atoms with E-state index >= 15 is 0 Å². The van der Waals surface area contributed by atoms with Crippen molar-refractivity contribution in [3.8, 4) is 0 Å². The van der Waals surface area contributed by atoms with E-state index < -0.39 is 26.8 Å². The number of amides is 2. The van der Waals surface area contributed by atoms with E-state index in [4.69, 9.17) is 11.6 Å². The molecule has 0 radical (unpaired) electrons. The Labute approximate surface area is 193 Å². The van der Waals surface area contributed by atoms with Gasteiger partial charge in [-0.1, -0.05) is 35.9 Å². The van der Waals surface area contributed by atoms with E-state index in [0.29, 0.717) is 5.02 Å². The highest BCUT2D eigenvalue weighted by Crippen LogP contribution is 2.20. The van der Waals surface area contributed by atoms with Crippen molar-refractivity contribution in [3.05, 3.63) is 99.1 Å². The molecule has 10 nitrogen and oxygen atoms in total. The maximum absolute atomic E-state index is 12.6. The number of nitrogens with zero attached hydrogens (tertiary/aromatic N) is 1. The van der Waals surface area contributed by atoms with Gasteiger partial charge < -0.3 is 0 Å². The number of hydrazine groups is 1. The third-order valence-corrected chi connectivity index (χ3v) is 5.99. The number of benzene rings is 3. The first-order chi connectivity index (χ1) is 15.7. The van der Waals surface area contributed by atoms with Crippen molar-refractivity contribution in [2.45, 2.75) is 11.3 Å². The minimum absolute atomic E-state index is 0.0278. The van der Waals surface area contributed by atoms with Gasteiger partial charge in [0.25, 0.3) is 21.6 Å². The maximum atomic E-state index is 12.6. The first-order valence-corrected chi connectivity index (χ1v) is 11.2. The number of hydrogen-bond acceptors (Lipinski definition) is 6. The first kappa shape index (κ1) is 23.7. The van der Waals surface area contributed by atoms with Crippen LogP contribution in [0.25, 0.3) is 0 Å². The maximum Gasteiger partial charge on any atom is 0.273 e. The molecule has 3 aromatic rings. The Morgan fingerprint density at radius 1 is 0.939 bits per heavy atom. The topological polar surface area (TPSA) is 148 Å². The van der Waals surface area contributed by atoms with Gasteiger partial charge in [0.15, 0.2) is 0 Å². The fraction of sp³-hybridized carbons (Fsp3) is 0.0476. The van der Waals surface area contributed by atoms with Gasteiger partial charge in [-0.3, -0.25) is 35.3 Å². The SMILES string of the molecule is O=C(Cc1ccccc1[N+](=O)[O-])NNC(=O)c1cccc(S(=O)(=O)Nc2ccc(Cl)cc2)c1. The summed E-state index contributed by atoms with van der Waals surface area (Å²) >= 11 is 5.79. The number of nitro groups is 1. The summed E-state index contributed by atoms with van der Waals surface area (Å²) in [5.41, 5.74) is 4.54. The van der Waals surface area contributed by atoms with E-state index in [2.05, 4.69) is 15.6 Å². The lowest BCUT2D eigenvalue weighted by Crippen LogP contribution is -2.42. The molecule has 12 heteroatoms. The summed E-state index contributed by atoms with van der Waals surface area (Å²) in [4.78, 5) is 34.8. The normalized spacial score (nSPS) is 10.8. The molecule has 3 aromatic carbocycles. The summed E-state index contributed by atoms with van der Waals surface area (Å²) in [6.45, 7) is 0. The first-order valence-electron chi connectivity index (χ1n) is 9.35. The molecule has 0 bridgehead atoms. The summed E-state index contributed by atoms with van der Waals surface area (Å²) in [6.07, 6.45) is -0.336.